The third-order valence-corrected chi connectivity index (χ3v) is 16.5. The Labute approximate surface area is 268 Å². The van der Waals surface area contributed by atoms with Crippen molar-refractivity contribution >= 4 is 48.3 Å². The van der Waals surface area contributed by atoms with Crippen LogP contribution in [-0.2, 0) is 12.0 Å². The number of para-hydroxylation sites is 1. The number of nitrogens with zero attached hydrogens (tertiary/aromatic N) is 5. The second-order valence-electron chi connectivity index (χ2n) is 13.3. The average Bonchev–Trinajstić information content (AvgIpc) is 3.75. The molecule has 0 spiro atoms. The summed E-state index contributed by atoms with van der Waals surface area (Å²) in [4.78, 5) is 9.69. The van der Waals surface area contributed by atoms with Crippen LogP contribution in [-0.4, -0.2) is 34.5 Å². The van der Waals surface area contributed by atoms with E-state index in [1.54, 1.807) is 4.12 Å². The molecule has 4 aromatic carbocycles. The number of anilines is 1. The minimum absolute atomic E-state index is 0.0198. The van der Waals surface area contributed by atoms with Crippen molar-refractivity contribution in [3.05, 3.63) is 126 Å². The standard InChI is InChI=1S/C38H32N5O.Ga/c1-25-8-7-9-26(20-25)24-42-33-15-13-28(22-32(33)37-40-18-19-41-37)44-29-12-14-31-30-10-5-6-11-34(30)43(35(31)23-29)36-21-27(16-17-39-36)38(2,3)4;/h5-19,21-23H,24H2,1-4H3;/q-2;+2. The van der Waals surface area contributed by atoms with E-state index in [4.69, 9.17) is 14.7 Å². The Hall–Kier alpha value is -4.72. The Morgan fingerprint density at radius 3 is 2.49 bits per heavy atom. The molecule has 45 heavy (non-hydrogen) atoms. The van der Waals surface area contributed by atoms with E-state index in [-0.39, 0.29) is 5.41 Å². The normalized spacial score (nSPS) is 13.6. The molecule has 5 heterocycles. The topological polar surface area (TPSA) is 48.1 Å². The van der Waals surface area contributed by atoms with E-state index >= 15 is 0 Å². The van der Waals surface area contributed by atoms with Gasteiger partial charge >= 0.3 is 213 Å². The van der Waals surface area contributed by atoms with Crippen molar-refractivity contribution in [3.8, 4) is 28.7 Å². The zero-order chi connectivity index (χ0) is 30.4. The van der Waals surface area contributed by atoms with E-state index in [0.29, 0.717) is 0 Å². The molecule has 0 fully saturated rings. The maximum absolute atomic E-state index is 6.63. The van der Waals surface area contributed by atoms with Gasteiger partial charge in [0.25, 0.3) is 0 Å². The SMILES string of the molecule is Cc1cccc2[c]1[Ga]1[N](C2)c2ccc(Oc3ccc4c5ccccc5n(-c5cc(C(C)(C)C)ccn5)c4c3)cc2-c2ncc[n]21. The zero-order valence-corrected chi connectivity index (χ0v) is 28.2. The third kappa shape index (κ3) is 4.04. The van der Waals surface area contributed by atoms with Gasteiger partial charge in [0.05, 0.1) is 0 Å². The molecule has 0 radical (unpaired) electrons. The van der Waals surface area contributed by atoms with E-state index in [9.17, 15) is 0 Å². The summed E-state index contributed by atoms with van der Waals surface area (Å²) >= 11 is -2.27. The second-order valence-corrected chi connectivity index (χ2v) is 18.5. The first-order valence-corrected chi connectivity index (χ1v) is 18.9. The van der Waals surface area contributed by atoms with Crippen LogP contribution in [0.25, 0.3) is 39.0 Å². The van der Waals surface area contributed by atoms with E-state index in [1.165, 1.54) is 33.2 Å². The number of benzene rings is 4. The Morgan fingerprint density at radius 1 is 0.778 bits per heavy atom. The molecule has 0 unspecified atom stereocenters. The van der Waals surface area contributed by atoms with Gasteiger partial charge in [-0.2, -0.15) is 0 Å². The number of fused-ring (bicyclic) bond motifs is 11. The molecule has 0 amide bonds. The molecule has 2 aliphatic rings. The van der Waals surface area contributed by atoms with Gasteiger partial charge in [0.2, 0.25) is 0 Å². The van der Waals surface area contributed by atoms with Crippen LogP contribution in [0.5, 0.6) is 11.5 Å². The molecule has 0 saturated heterocycles. The van der Waals surface area contributed by atoms with Crippen LogP contribution in [0.2, 0.25) is 0 Å². The van der Waals surface area contributed by atoms with Crippen LogP contribution in [0.4, 0.5) is 5.69 Å². The number of aromatic nitrogens is 4. The van der Waals surface area contributed by atoms with Crippen molar-refractivity contribution in [1.82, 2.24) is 17.8 Å². The number of ether oxygens (including phenoxy) is 1. The molecule has 0 atom stereocenters. The van der Waals surface area contributed by atoms with E-state index in [1.807, 2.05) is 12.4 Å². The number of hydrogen-bond acceptors (Lipinski definition) is 4. The second kappa shape index (κ2) is 9.64. The first-order valence-electron chi connectivity index (χ1n) is 15.6. The van der Waals surface area contributed by atoms with Crippen molar-refractivity contribution in [1.29, 1.82) is 0 Å². The molecular formula is C38H32GaN5O. The molecule has 0 N–H and O–H groups in total. The Morgan fingerprint density at radius 2 is 1.60 bits per heavy atom. The summed E-state index contributed by atoms with van der Waals surface area (Å²) in [5, 5.41) is 2.37. The molecule has 7 heteroatoms. The Balaban J connectivity index is 1.14. The van der Waals surface area contributed by atoms with Gasteiger partial charge in [-0.05, 0) is 17.0 Å². The molecule has 0 bridgehead atoms. The summed E-state index contributed by atoms with van der Waals surface area (Å²) < 4.78 is 15.6. The molecule has 0 saturated carbocycles. The van der Waals surface area contributed by atoms with Crippen LogP contribution in [0.1, 0.15) is 37.5 Å². The van der Waals surface area contributed by atoms with E-state index in [2.05, 4.69) is 136 Å². The predicted octanol–water partition coefficient (Wildman–Crippen LogP) is 8.02. The molecule has 7 aromatic rings. The van der Waals surface area contributed by atoms with Crippen molar-refractivity contribution in [2.45, 2.75) is 39.7 Å². The summed E-state index contributed by atoms with van der Waals surface area (Å²) in [7, 11) is 0. The quantitative estimate of drug-likeness (QED) is 0.183. The van der Waals surface area contributed by atoms with Crippen LogP contribution < -0.4 is 12.5 Å². The monoisotopic (exact) mass is 643 g/mol. The van der Waals surface area contributed by atoms with Gasteiger partial charge in [-0.25, -0.2) is 0 Å². The fourth-order valence-corrected chi connectivity index (χ4v) is 14.5. The summed E-state index contributed by atoms with van der Waals surface area (Å²) in [6, 6.07) is 32.5. The van der Waals surface area contributed by atoms with Gasteiger partial charge in [0.1, 0.15) is 0 Å². The number of pyridine rings is 1. The number of imidazole rings is 1. The summed E-state index contributed by atoms with van der Waals surface area (Å²) in [6.45, 7) is 9.92. The summed E-state index contributed by atoms with van der Waals surface area (Å²) in [6.07, 6.45) is 6.05. The summed E-state index contributed by atoms with van der Waals surface area (Å²) in [5.41, 5.74) is 8.72. The molecule has 2 aliphatic heterocycles. The van der Waals surface area contributed by atoms with E-state index in [0.717, 1.165) is 46.3 Å². The molecule has 9 rings (SSSR count). The molecular weight excluding hydrogens is 612 g/mol. The predicted molar refractivity (Wildman–Crippen MR) is 183 cm³/mol. The molecule has 6 nitrogen and oxygen atoms in total. The number of aryl methyl sites for hydroxylation is 1. The van der Waals surface area contributed by atoms with Crippen molar-refractivity contribution in [2.75, 3.05) is 3.61 Å². The van der Waals surface area contributed by atoms with Crippen molar-refractivity contribution < 1.29 is 4.74 Å². The van der Waals surface area contributed by atoms with Crippen LogP contribution in [0, 0.1) is 6.92 Å². The van der Waals surface area contributed by atoms with Crippen molar-refractivity contribution in [3.63, 3.8) is 0 Å². The summed E-state index contributed by atoms with van der Waals surface area (Å²) in [5.74, 6) is 3.55. The van der Waals surface area contributed by atoms with Gasteiger partial charge in [0.15, 0.2) is 0 Å². The van der Waals surface area contributed by atoms with Crippen molar-refractivity contribution in [2.24, 2.45) is 0 Å². The van der Waals surface area contributed by atoms with E-state index < -0.39 is 16.7 Å². The molecule has 218 valence electrons. The Kier molecular flexibility index (Phi) is 5.71. The first-order chi connectivity index (χ1) is 21.8. The first kappa shape index (κ1) is 26.7. The van der Waals surface area contributed by atoms with Crippen LogP contribution >= 0.6 is 0 Å². The molecule has 3 aromatic heterocycles. The van der Waals surface area contributed by atoms with Gasteiger partial charge in [-0.15, -0.1) is 0 Å². The number of rotatable bonds is 3. The molecule has 0 aliphatic carbocycles. The maximum atomic E-state index is 6.63. The average molecular weight is 644 g/mol. The Bertz CT molecular complexity index is 2310. The van der Waals surface area contributed by atoms with Gasteiger partial charge in [-0.1, -0.05) is 32.9 Å². The van der Waals surface area contributed by atoms with Crippen LogP contribution in [0.15, 0.2) is 110 Å². The number of hydrogen-bond donors (Lipinski definition) is 0. The third-order valence-electron chi connectivity index (χ3n) is 9.48. The van der Waals surface area contributed by atoms with Gasteiger partial charge in [-0.3, -0.25) is 0 Å². The minimum atomic E-state index is -2.27. The van der Waals surface area contributed by atoms with Gasteiger partial charge < -0.3 is 0 Å². The fraction of sp³-hybridized carbons (Fsp3) is 0.158. The fourth-order valence-electron chi connectivity index (χ4n) is 7.31. The van der Waals surface area contributed by atoms with Gasteiger partial charge in [0, 0.05) is 6.20 Å². The zero-order valence-electron chi connectivity index (χ0n) is 25.8. The van der Waals surface area contributed by atoms with Crippen LogP contribution in [0.3, 0.4) is 0 Å².